The molecule has 1 saturated heterocycles. The second-order valence-corrected chi connectivity index (χ2v) is 6.35. The van der Waals surface area contributed by atoms with E-state index in [0.29, 0.717) is 29.4 Å². The van der Waals surface area contributed by atoms with Gasteiger partial charge in [-0.15, -0.1) is 0 Å². The molecule has 0 atom stereocenters. The summed E-state index contributed by atoms with van der Waals surface area (Å²) in [5.41, 5.74) is 2.16. The Morgan fingerprint density at radius 2 is 2.12 bits per heavy atom. The smallest absolute Gasteiger partial charge is 0.248 e. The molecule has 0 unspecified atom stereocenters. The minimum absolute atomic E-state index is 0.0875. The van der Waals surface area contributed by atoms with Crippen LogP contribution in [0.4, 0.5) is 11.4 Å². The van der Waals surface area contributed by atoms with E-state index >= 15 is 0 Å². The van der Waals surface area contributed by atoms with E-state index in [9.17, 15) is 9.59 Å². The number of carbonyl (C=O) groups is 2. The summed E-state index contributed by atoms with van der Waals surface area (Å²) in [5.74, 6) is 0.374. The molecular formula is C20H19ClN2O3. The summed E-state index contributed by atoms with van der Waals surface area (Å²) in [4.78, 5) is 25.8. The predicted octanol–water partition coefficient (Wildman–Crippen LogP) is 4.13. The van der Waals surface area contributed by atoms with Gasteiger partial charge >= 0.3 is 0 Å². The minimum Gasteiger partial charge on any atom is -0.494 e. The zero-order chi connectivity index (χ0) is 18.5. The van der Waals surface area contributed by atoms with Gasteiger partial charge in [0.1, 0.15) is 5.75 Å². The first-order valence-electron chi connectivity index (χ1n) is 8.30. The predicted molar refractivity (Wildman–Crippen MR) is 104 cm³/mol. The molecular weight excluding hydrogens is 352 g/mol. The second kappa shape index (κ2) is 8.06. The first kappa shape index (κ1) is 18.0. The van der Waals surface area contributed by atoms with E-state index in [4.69, 9.17) is 16.3 Å². The van der Waals surface area contributed by atoms with Crippen LogP contribution in [0.2, 0.25) is 5.02 Å². The van der Waals surface area contributed by atoms with Crippen LogP contribution < -0.4 is 15.0 Å². The summed E-state index contributed by atoms with van der Waals surface area (Å²) in [6, 6.07) is 12.5. The van der Waals surface area contributed by atoms with Crippen molar-refractivity contribution in [1.29, 1.82) is 0 Å². The summed E-state index contributed by atoms with van der Waals surface area (Å²) < 4.78 is 5.39. The number of benzene rings is 2. The van der Waals surface area contributed by atoms with Gasteiger partial charge in [0.05, 0.1) is 12.8 Å². The summed E-state index contributed by atoms with van der Waals surface area (Å²) in [5, 5.41) is 3.40. The molecule has 1 aliphatic heterocycles. The molecule has 6 heteroatoms. The van der Waals surface area contributed by atoms with Crippen LogP contribution in [-0.2, 0) is 9.59 Å². The number of carbonyl (C=O) groups excluding carboxylic acids is 2. The van der Waals surface area contributed by atoms with Crippen molar-refractivity contribution in [3.05, 3.63) is 59.1 Å². The van der Waals surface area contributed by atoms with Gasteiger partial charge in [0.2, 0.25) is 11.8 Å². The quantitative estimate of drug-likeness (QED) is 0.805. The van der Waals surface area contributed by atoms with Crippen molar-refractivity contribution in [2.45, 2.75) is 12.8 Å². The Kier molecular flexibility index (Phi) is 5.58. The average Bonchev–Trinajstić information content (AvgIpc) is 3.06. The largest absolute Gasteiger partial charge is 0.494 e. The molecule has 0 bridgehead atoms. The van der Waals surface area contributed by atoms with Gasteiger partial charge in [-0.05, 0) is 42.3 Å². The van der Waals surface area contributed by atoms with Gasteiger partial charge in [-0.2, -0.15) is 0 Å². The maximum absolute atomic E-state index is 12.1. The summed E-state index contributed by atoms with van der Waals surface area (Å²) in [6.07, 6.45) is 4.52. The molecule has 2 aromatic carbocycles. The summed E-state index contributed by atoms with van der Waals surface area (Å²) in [7, 11) is 1.55. The molecule has 134 valence electrons. The second-order valence-electron chi connectivity index (χ2n) is 5.91. The zero-order valence-corrected chi connectivity index (χ0v) is 15.1. The van der Waals surface area contributed by atoms with Crippen molar-refractivity contribution < 1.29 is 14.3 Å². The molecule has 0 aliphatic carbocycles. The Bertz CT molecular complexity index is 864. The van der Waals surface area contributed by atoms with Crippen LogP contribution in [0.25, 0.3) is 6.08 Å². The Morgan fingerprint density at radius 3 is 2.81 bits per heavy atom. The fourth-order valence-corrected chi connectivity index (χ4v) is 3.05. The molecule has 0 saturated carbocycles. The number of halogens is 1. The Morgan fingerprint density at radius 1 is 1.27 bits per heavy atom. The monoisotopic (exact) mass is 370 g/mol. The van der Waals surface area contributed by atoms with Crippen LogP contribution in [0.5, 0.6) is 5.75 Å². The van der Waals surface area contributed by atoms with Gasteiger partial charge in [0.15, 0.2) is 0 Å². The third-order valence-electron chi connectivity index (χ3n) is 4.09. The maximum atomic E-state index is 12.1. The zero-order valence-electron chi connectivity index (χ0n) is 14.4. The minimum atomic E-state index is -0.267. The van der Waals surface area contributed by atoms with Crippen LogP contribution in [-0.4, -0.2) is 25.5 Å². The number of methoxy groups -OCH3 is 1. The van der Waals surface area contributed by atoms with Crippen LogP contribution >= 0.6 is 11.6 Å². The molecule has 1 fully saturated rings. The highest BCUT2D eigenvalue weighted by molar-refractivity contribution is 6.30. The van der Waals surface area contributed by atoms with Crippen LogP contribution in [0, 0.1) is 0 Å². The number of rotatable bonds is 5. The highest BCUT2D eigenvalue weighted by atomic mass is 35.5. The highest BCUT2D eigenvalue weighted by Crippen LogP contribution is 2.33. The van der Waals surface area contributed by atoms with E-state index in [1.807, 2.05) is 12.1 Å². The van der Waals surface area contributed by atoms with Gasteiger partial charge < -0.3 is 15.0 Å². The number of nitrogens with zero attached hydrogens (tertiary/aromatic N) is 1. The van der Waals surface area contributed by atoms with Gasteiger partial charge in [-0.1, -0.05) is 23.7 Å². The topological polar surface area (TPSA) is 58.6 Å². The van der Waals surface area contributed by atoms with Gasteiger partial charge in [-0.3, -0.25) is 9.59 Å². The molecule has 0 aromatic heterocycles. The lowest BCUT2D eigenvalue weighted by molar-refractivity contribution is -0.117. The molecule has 0 spiro atoms. The van der Waals surface area contributed by atoms with Crippen molar-refractivity contribution in [2.75, 3.05) is 23.9 Å². The Hall–Kier alpha value is -2.79. The van der Waals surface area contributed by atoms with Crippen LogP contribution in [0.15, 0.2) is 48.5 Å². The molecule has 1 heterocycles. The number of nitrogens with one attached hydrogen (secondary N) is 1. The molecule has 3 rings (SSSR count). The van der Waals surface area contributed by atoms with E-state index in [2.05, 4.69) is 5.32 Å². The van der Waals surface area contributed by atoms with Crippen molar-refractivity contribution in [3.8, 4) is 5.75 Å². The third-order valence-corrected chi connectivity index (χ3v) is 4.32. The maximum Gasteiger partial charge on any atom is 0.248 e. The lowest BCUT2D eigenvalue weighted by atomic mass is 10.2. The van der Waals surface area contributed by atoms with Crippen molar-refractivity contribution in [2.24, 2.45) is 0 Å². The standard InChI is InChI=1S/C20H19ClN2O3/c1-26-18-13-16(8-9-17(18)23-11-3-6-20(23)25)22-19(24)10-7-14-4-2-5-15(21)12-14/h2,4-5,7-10,12-13H,3,6,11H2,1H3,(H,22,24)/b10-7+. The fraction of sp³-hybridized carbons (Fsp3) is 0.200. The lowest BCUT2D eigenvalue weighted by Crippen LogP contribution is -2.24. The average molecular weight is 371 g/mol. The van der Waals surface area contributed by atoms with E-state index in [0.717, 1.165) is 17.7 Å². The SMILES string of the molecule is COc1cc(NC(=O)/C=C/c2cccc(Cl)c2)ccc1N1CCCC1=O. The number of anilines is 2. The summed E-state index contributed by atoms with van der Waals surface area (Å²) in [6.45, 7) is 0.684. The summed E-state index contributed by atoms with van der Waals surface area (Å²) >= 11 is 5.93. The number of hydrogen-bond acceptors (Lipinski definition) is 3. The molecule has 2 amide bonds. The first-order chi connectivity index (χ1) is 12.6. The van der Waals surface area contributed by atoms with E-state index < -0.39 is 0 Å². The number of ether oxygens (including phenoxy) is 1. The van der Waals surface area contributed by atoms with Crippen LogP contribution in [0.3, 0.4) is 0 Å². The normalized spacial score (nSPS) is 14.1. The van der Waals surface area contributed by atoms with Gasteiger partial charge in [0.25, 0.3) is 0 Å². The van der Waals surface area contributed by atoms with Crippen molar-refractivity contribution in [3.63, 3.8) is 0 Å². The Balaban J connectivity index is 1.71. The lowest BCUT2D eigenvalue weighted by Gasteiger charge is -2.19. The third kappa shape index (κ3) is 4.24. The van der Waals surface area contributed by atoms with Gasteiger partial charge in [-0.25, -0.2) is 0 Å². The van der Waals surface area contributed by atoms with Crippen LogP contribution in [0.1, 0.15) is 18.4 Å². The van der Waals surface area contributed by atoms with Crippen molar-refractivity contribution >= 4 is 40.9 Å². The molecule has 5 nitrogen and oxygen atoms in total. The fourth-order valence-electron chi connectivity index (χ4n) is 2.85. The molecule has 1 N–H and O–H groups in total. The van der Waals surface area contributed by atoms with E-state index in [-0.39, 0.29) is 11.8 Å². The number of hydrogen-bond donors (Lipinski definition) is 1. The van der Waals surface area contributed by atoms with E-state index in [1.165, 1.54) is 6.08 Å². The molecule has 1 aliphatic rings. The van der Waals surface area contributed by atoms with E-state index in [1.54, 1.807) is 48.4 Å². The molecule has 26 heavy (non-hydrogen) atoms. The molecule has 2 aromatic rings. The Labute approximate surface area is 157 Å². The van der Waals surface area contributed by atoms with Crippen molar-refractivity contribution in [1.82, 2.24) is 0 Å². The molecule has 0 radical (unpaired) electrons. The number of amides is 2. The first-order valence-corrected chi connectivity index (χ1v) is 8.67. The van der Waals surface area contributed by atoms with Gasteiger partial charge in [0, 0.05) is 35.8 Å². The highest BCUT2D eigenvalue weighted by Gasteiger charge is 2.24.